The number of hydrogen-bond acceptors (Lipinski definition) is 5. The minimum Gasteiger partial charge on any atom is -0.481 e. The fraction of sp³-hybridized carbons (Fsp3) is 0.522. The number of aryl methyl sites for hydroxylation is 1. The van der Waals surface area contributed by atoms with E-state index in [1.807, 2.05) is 19.1 Å². The third-order valence-electron chi connectivity index (χ3n) is 6.19. The second-order valence-electron chi connectivity index (χ2n) is 9.07. The van der Waals surface area contributed by atoms with Gasteiger partial charge in [-0.3, -0.25) is 9.59 Å². The molecule has 0 aliphatic heterocycles. The van der Waals surface area contributed by atoms with Crippen molar-refractivity contribution in [3.8, 4) is 10.6 Å². The van der Waals surface area contributed by atoms with Crippen molar-refractivity contribution in [2.75, 3.05) is 0 Å². The Bertz CT molecular complexity index is 982. The first kappa shape index (κ1) is 20.5. The molecule has 2 aliphatic rings. The number of aliphatic carboxylic acids is 1. The highest BCUT2D eigenvalue weighted by atomic mass is 32.1. The van der Waals surface area contributed by atoms with Crippen LogP contribution in [0, 0.1) is 24.2 Å². The minimum atomic E-state index is -0.865. The summed E-state index contributed by atoms with van der Waals surface area (Å²) in [5.74, 6) is -1.85. The molecule has 4 rings (SSSR count). The number of thiazole rings is 1. The Balaban J connectivity index is 1.70. The summed E-state index contributed by atoms with van der Waals surface area (Å²) in [6.45, 7) is 6.61. The normalized spacial score (nSPS) is 23.0. The van der Waals surface area contributed by atoms with Crippen molar-refractivity contribution >= 4 is 34.4 Å². The second-order valence-corrected chi connectivity index (χ2v) is 11.1. The smallest absolute Gasteiger partial charge is 0.307 e. The highest BCUT2D eigenvalue weighted by Crippen LogP contribution is 2.46. The molecule has 0 saturated heterocycles. The van der Waals surface area contributed by atoms with Crippen LogP contribution in [0.15, 0.2) is 17.5 Å². The Morgan fingerprint density at radius 3 is 2.62 bits per heavy atom. The number of carboxylic acid groups (broad SMARTS) is 1. The maximum atomic E-state index is 13.2. The summed E-state index contributed by atoms with van der Waals surface area (Å²) >= 11 is 3.39. The van der Waals surface area contributed by atoms with Crippen LogP contribution >= 0.6 is 22.7 Å². The summed E-state index contributed by atoms with van der Waals surface area (Å²) in [4.78, 5) is 32.0. The van der Waals surface area contributed by atoms with Gasteiger partial charge in [0.25, 0.3) is 0 Å². The van der Waals surface area contributed by atoms with E-state index in [1.165, 1.54) is 10.4 Å². The van der Waals surface area contributed by atoms with Gasteiger partial charge in [-0.05, 0) is 50.0 Å². The highest BCUT2D eigenvalue weighted by Gasteiger charge is 2.36. The van der Waals surface area contributed by atoms with Gasteiger partial charge in [-0.1, -0.05) is 26.0 Å². The quantitative estimate of drug-likeness (QED) is 0.640. The summed E-state index contributed by atoms with van der Waals surface area (Å²) in [5.41, 5.74) is 3.80. The molecule has 0 unspecified atom stereocenters. The summed E-state index contributed by atoms with van der Waals surface area (Å²) < 4.78 is 0. The SMILES string of the molecule is Cc1csc(-c2c(CC(=O)[C@H]3CC=CC[C@H]3C(=O)O)sc3c2CCC(C)(C)C3)n1. The molecule has 4 nitrogen and oxygen atoms in total. The molecular weight excluding hydrogens is 402 g/mol. The van der Waals surface area contributed by atoms with E-state index in [2.05, 4.69) is 19.2 Å². The topological polar surface area (TPSA) is 67.3 Å². The third-order valence-corrected chi connectivity index (χ3v) is 8.39. The summed E-state index contributed by atoms with van der Waals surface area (Å²) in [6.07, 6.45) is 8.31. The van der Waals surface area contributed by atoms with Crippen molar-refractivity contribution in [1.29, 1.82) is 0 Å². The van der Waals surface area contributed by atoms with Gasteiger partial charge in [-0.15, -0.1) is 22.7 Å². The number of nitrogens with zero attached hydrogens (tertiary/aromatic N) is 1. The van der Waals surface area contributed by atoms with E-state index < -0.39 is 17.8 Å². The van der Waals surface area contributed by atoms with Crippen LogP contribution in [0.1, 0.15) is 54.1 Å². The predicted octanol–water partition coefficient (Wildman–Crippen LogP) is 5.47. The first-order valence-electron chi connectivity index (χ1n) is 10.2. The standard InChI is InChI=1S/C23H27NO3S2/c1-13-12-28-21(24-13)20-16-8-9-23(2,3)11-19(16)29-18(20)10-17(25)14-6-4-5-7-15(14)22(26)27/h4-5,12,14-15H,6-11H2,1-3H3,(H,26,27)/t14-,15+/m0/s1. The lowest BCUT2D eigenvalue weighted by atomic mass is 9.76. The molecule has 0 spiro atoms. The van der Waals surface area contributed by atoms with Gasteiger partial charge >= 0.3 is 5.97 Å². The molecule has 0 fully saturated rings. The number of hydrogen-bond donors (Lipinski definition) is 1. The molecule has 2 aromatic heterocycles. The predicted molar refractivity (Wildman–Crippen MR) is 118 cm³/mol. The van der Waals surface area contributed by atoms with Crippen molar-refractivity contribution in [3.05, 3.63) is 38.5 Å². The lowest BCUT2D eigenvalue weighted by Gasteiger charge is -2.29. The number of Topliss-reactive ketones (excluding diaryl/α,β-unsaturated/α-hetero) is 1. The fourth-order valence-electron chi connectivity index (χ4n) is 4.54. The number of rotatable bonds is 5. The van der Waals surface area contributed by atoms with E-state index in [1.54, 1.807) is 22.7 Å². The van der Waals surface area contributed by atoms with Crippen molar-refractivity contribution in [2.24, 2.45) is 17.3 Å². The maximum Gasteiger partial charge on any atom is 0.307 e. The Morgan fingerprint density at radius 2 is 1.97 bits per heavy atom. The molecule has 0 amide bonds. The number of carbonyl (C=O) groups is 2. The monoisotopic (exact) mass is 429 g/mol. The van der Waals surface area contributed by atoms with Gasteiger partial charge in [-0.25, -0.2) is 4.98 Å². The molecule has 2 aliphatic carbocycles. The number of thiophene rings is 1. The van der Waals surface area contributed by atoms with E-state index in [4.69, 9.17) is 4.98 Å². The summed E-state index contributed by atoms with van der Waals surface area (Å²) in [5, 5.41) is 12.6. The average molecular weight is 430 g/mol. The van der Waals surface area contributed by atoms with Gasteiger partial charge in [0.1, 0.15) is 10.8 Å². The molecule has 0 radical (unpaired) electrons. The Hall–Kier alpha value is -1.79. The molecule has 6 heteroatoms. The van der Waals surface area contributed by atoms with Crippen LogP contribution in [0.3, 0.4) is 0 Å². The minimum absolute atomic E-state index is 0.0501. The van der Waals surface area contributed by atoms with Gasteiger partial charge in [-0.2, -0.15) is 0 Å². The van der Waals surface area contributed by atoms with Crippen molar-refractivity contribution < 1.29 is 14.7 Å². The lowest BCUT2D eigenvalue weighted by molar-refractivity contribution is -0.146. The first-order chi connectivity index (χ1) is 13.7. The zero-order valence-corrected chi connectivity index (χ0v) is 18.8. The molecule has 0 aromatic carbocycles. The van der Waals surface area contributed by atoms with Gasteiger partial charge in [0.15, 0.2) is 0 Å². The molecule has 2 heterocycles. The molecule has 2 atom stereocenters. The summed E-state index contributed by atoms with van der Waals surface area (Å²) in [7, 11) is 0. The molecule has 0 saturated carbocycles. The molecule has 2 aromatic rings. The van der Waals surface area contributed by atoms with Gasteiger partial charge in [0, 0.05) is 38.7 Å². The van der Waals surface area contributed by atoms with E-state index in [0.717, 1.165) is 40.4 Å². The first-order valence-corrected chi connectivity index (χ1v) is 11.9. The molecule has 1 N–H and O–H groups in total. The van der Waals surface area contributed by atoms with E-state index in [-0.39, 0.29) is 11.2 Å². The van der Waals surface area contributed by atoms with Crippen molar-refractivity contribution in [3.63, 3.8) is 0 Å². The second kappa shape index (κ2) is 7.80. The highest BCUT2D eigenvalue weighted by molar-refractivity contribution is 7.15. The number of ketones is 1. The van der Waals surface area contributed by atoms with Crippen LogP contribution in [0.5, 0.6) is 0 Å². The van der Waals surface area contributed by atoms with Gasteiger partial charge < -0.3 is 5.11 Å². The zero-order valence-electron chi connectivity index (χ0n) is 17.2. The van der Waals surface area contributed by atoms with E-state index in [0.29, 0.717) is 19.3 Å². The largest absolute Gasteiger partial charge is 0.481 e. The maximum absolute atomic E-state index is 13.2. The average Bonchev–Trinajstić information content (AvgIpc) is 3.23. The lowest BCUT2D eigenvalue weighted by Crippen LogP contribution is -2.32. The Morgan fingerprint density at radius 1 is 1.24 bits per heavy atom. The van der Waals surface area contributed by atoms with Gasteiger partial charge in [0.05, 0.1) is 5.92 Å². The van der Waals surface area contributed by atoms with Crippen LogP contribution in [-0.2, 0) is 28.9 Å². The van der Waals surface area contributed by atoms with Crippen LogP contribution in [0.25, 0.3) is 10.6 Å². The van der Waals surface area contributed by atoms with Gasteiger partial charge in [0.2, 0.25) is 0 Å². The molecular formula is C23H27NO3S2. The number of aromatic nitrogens is 1. The van der Waals surface area contributed by atoms with E-state index in [9.17, 15) is 14.7 Å². The van der Waals surface area contributed by atoms with Crippen LogP contribution in [0.2, 0.25) is 0 Å². The summed E-state index contributed by atoms with van der Waals surface area (Å²) in [6, 6.07) is 0. The van der Waals surface area contributed by atoms with E-state index >= 15 is 0 Å². The fourth-order valence-corrected chi connectivity index (χ4v) is 7.12. The Labute approximate surface area is 179 Å². The number of carboxylic acids is 1. The zero-order chi connectivity index (χ0) is 20.8. The number of fused-ring (bicyclic) bond motifs is 1. The number of allylic oxidation sites excluding steroid dienone is 2. The van der Waals surface area contributed by atoms with Crippen LogP contribution in [-0.4, -0.2) is 21.8 Å². The van der Waals surface area contributed by atoms with Crippen LogP contribution < -0.4 is 0 Å². The molecule has 29 heavy (non-hydrogen) atoms. The van der Waals surface area contributed by atoms with Crippen molar-refractivity contribution in [1.82, 2.24) is 4.98 Å². The third kappa shape index (κ3) is 4.10. The van der Waals surface area contributed by atoms with Crippen LogP contribution in [0.4, 0.5) is 0 Å². The Kier molecular flexibility index (Phi) is 5.51. The molecule has 0 bridgehead atoms. The molecule has 154 valence electrons. The van der Waals surface area contributed by atoms with Crippen molar-refractivity contribution in [2.45, 2.75) is 59.3 Å². The number of carbonyl (C=O) groups excluding carboxylic acids is 1.